The van der Waals surface area contributed by atoms with Crippen molar-refractivity contribution in [3.05, 3.63) is 102 Å². The maximum absolute atomic E-state index is 8.19. The van der Waals surface area contributed by atoms with Crippen LogP contribution in [-0.4, -0.2) is 11.2 Å². The number of nitrogens with one attached hydrogen (secondary N) is 2. The lowest BCUT2D eigenvalue weighted by Gasteiger charge is -2.28. The van der Waals surface area contributed by atoms with Crippen LogP contribution in [0.1, 0.15) is 35.6 Å². The van der Waals surface area contributed by atoms with Gasteiger partial charge in [0, 0.05) is 48.8 Å². The van der Waals surface area contributed by atoms with Gasteiger partial charge in [-0.2, -0.15) is 0 Å². The summed E-state index contributed by atoms with van der Waals surface area (Å²) in [7, 11) is 0. The Morgan fingerprint density at radius 1 is 0.848 bits per heavy atom. The van der Waals surface area contributed by atoms with Gasteiger partial charge in [0.25, 0.3) is 0 Å². The van der Waals surface area contributed by atoms with Crippen LogP contribution in [0.15, 0.2) is 84.9 Å². The zero-order valence-electron chi connectivity index (χ0n) is 18.2. The van der Waals surface area contributed by atoms with Crippen molar-refractivity contribution >= 4 is 65.0 Å². The van der Waals surface area contributed by atoms with Gasteiger partial charge >= 0.3 is 0 Å². The van der Waals surface area contributed by atoms with Gasteiger partial charge in [-0.25, -0.2) is 0 Å². The fourth-order valence-electron chi connectivity index (χ4n) is 5.73. The van der Waals surface area contributed by atoms with Crippen LogP contribution in [0.2, 0.25) is 0 Å². The molecule has 158 valence electrons. The van der Waals surface area contributed by atoms with Crippen LogP contribution >= 0.6 is 11.3 Å². The van der Waals surface area contributed by atoms with E-state index < -0.39 is 0 Å². The Kier molecular flexibility index (Phi) is 3.94. The van der Waals surface area contributed by atoms with Crippen molar-refractivity contribution in [3.63, 3.8) is 0 Å². The van der Waals surface area contributed by atoms with Gasteiger partial charge in [0.2, 0.25) is 0 Å². The quantitative estimate of drug-likeness (QED) is 0.252. The van der Waals surface area contributed by atoms with E-state index in [1.54, 1.807) is 0 Å². The first-order valence-corrected chi connectivity index (χ1v) is 12.2. The minimum absolute atomic E-state index is 0.218. The van der Waals surface area contributed by atoms with Gasteiger partial charge < -0.3 is 10.4 Å². The van der Waals surface area contributed by atoms with Crippen molar-refractivity contribution in [2.75, 3.05) is 0 Å². The van der Waals surface area contributed by atoms with Crippen LogP contribution in [0, 0.1) is 5.41 Å². The summed E-state index contributed by atoms with van der Waals surface area (Å²) in [5.74, 6) is 0.515. The second kappa shape index (κ2) is 6.90. The van der Waals surface area contributed by atoms with Crippen molar-refractivity contribution in [1.29, 1.82) is 5.41 Å². The summed E-state index contributed by atoms with van der Waals surface area (Å²) in [5, 5.41) is 14.7. The third-order valence-corrected chi connectivity index (χ3v) is 8.46. The number of benzene rings is 4. The number of fused-ring (bicyclic) bond motifs is 8. The Morgan fingerprint density at radius 3 is 2.52 bits per heavy atom. The number of aromatic amines is 1. The van der Waals surface area contributed by atoms with E-state index in [9.17, 15) is 0 Å². The molecule has 2 heterocycles. The molecule has 4 aromatic carbocycles. The predicted molar refractivity (Wildman–Crippen MR) is 143 cm³/mol. The second-order valence-corrected chi connectivity index (χ2v) is 10.1. The minimum atomic E-state index is 0.218. The van der Waals surface area contributed by atoms with Crippen molar-refractivity contribution < 1.29 is 0 Å². The lowest BCUT2D eigenvalue weighted by molar-refractivity contribution is 0.673. The van der Waals surface area contributed by atoms with E-state index in [0.717, 1.165) is 16.8 Å². The molecule has 2 atom stereocenters. The minimum Gasteiger partial charge on any atom is -0.354 e. The van der Waals surface area contributed by atoms with Gasteiger partial charge in [0.1, 0.15) is 0 Å². The third-order valence-electron chi connectivity index (χ3n) is 7.31. The molecule has 1 aliphatic carbocycles. The zero-order chi connectivity index (χ0) is 22.1. The van der Waals surface area contributed by atoms with Crippen LogP contribution in [0.5, 0.6) is 0 Å². The van der Waals surface area contributed by atoms with E-state index in [4.69, 9.17) is 5.41 Å². The average Bonchev–Trinajstić information content (AvgIpc) is 3.43. The maximum atomic E-state index is 8.19. The Bertz CT molecular complexity index is 1760. The van der Waals surface area contributed by atoms with Crippen LogP contribution in [-0.2, 0) is 0 Å². The summed E-state index contributed by atoms with van der Waals surface area (Å²) >= 11 is 1.86. The zero-order valence-corrected chi connectivity index (χ0v) is 19.0. The molecule has 7 rings (SSSR count). The van der Waals surface area contributed by atoms with Gasteiger partial charge in [-0.15, -0.1) is 11.3 Å². The fourth-order valence-corrected chi connectivity index (χ4v) is 6.82. The number of allylic oxidation sites excluding steroid dienone is 2. The van der Waals surface area contributed by atoms with E-state index in [-0.39, 0.29) is 5.92 Å². The number of hydrogen-bond acceptors (Lipinski definition) is 2. The van der Waals surface area contributed by atoms with Crippen LogP contribution in [0.3, 0.4) is 0 Å². The number of H-pyrrole nitrogens is 1. The summed E-state index contributed by atoms with van der Waals surface area (Å²) in [4.78, 5) is 3.64. The SMILES string of the molecule is CC1c2c([nH]c3ccc4ccccc4c23)C(C=N)=CC1c1ccc2sc3ccccc3c2c1. The molecule has 0 spiro atoms. The normalized spacial score (nSPS) is 18.2. The van der Waals surface area contributed by atoms with Gasteiger partial charge in [0.15, 0.2) is 0 Å². The molecule has 33 heavy (non-hydrogen) atoms. The molecular weight excluding hydrogens is 420 g/mol. The summed E-state index contributed by atoms with van der Waals surface area (Å²) in [5.41, 5.74) is 5.88. The van der Waals surface area contributed by atoms with E-state index in [1.807, 2.05) is 11.3 Å². The van der Waals surface area contributed by atoms with Gasteiger partial charge in [0.05, 0.1) is 5.69 Å². The van der Waals surface area contributed by atoms with Crippen molar-refractivity contribution in [2.45, 2.75) is 18.8 Å². The highest BCUT2D eigenvalue weighted by atomic mass is 32.1. The molecule has 2 aromatic heterocycles. The Morgan fingerprint density at radius 2 is 1.64 bits per heavy atom. The number of aromatic nitrogens is 1. The molecule has 2 N–H and O–H groups in total. The van der Waals surface area contributed by atoms with Crippen LogP contribution < -0.4 is 0 Å². The average molecular weight is 443 g/mol. The Labute approximate surface area is 195 Å². The Balaban J connectivity index is 1.48. The van der Waals surface area contributed by atoms with E-state index in [1.165, 1.54) is 53.7 Å². The van der Waals surface area contributed by atoms with Gasteiger partial charge in [-0.3, -0.25) is 0 Å². The highest BCUT2D eigenvalue weighted by Crippen LogP contribution is 2.48. The number of thiophene rings is 1. The molecule has 0 fully saturated rings. The molecule has 2 nitrogen and oxygen atoms in total. The molecular formula is C30H22N2S. The molecule has 1 aliphatic rings. The monoisotopic (exact) mass is 442 g/mol. The molecule has 0 bridgehead atoms. The van der Waals surface area contributed by atoms with E-state index in [0.29, 0.717) is 5.92 Å². The summed E-state index contributed by atoms with van der Waals surface area (Å²) < 4.78 is 2.67. The lowest BCUT2D eigenvalue weighted by atomic mass is 9.75. The fraction of sp³-hybridized carbons (Fsp3) is 0.100. The number of rotatable bonds is 2. The number of hydrogen-bond donors (Lipinski definition) is 2. The maximum Gasteiger partial charge on any atom is 0.0513 e. The van der Waals surface area contributed by atoms with Crippen molar-refractivity contribution in [2.24, 2.45) is 0 Å². The Hall–Kier alpha value is -3.69. The third kappa shape index (κ3) is 2.63. The first-order valence-electron chi connectivity index (χ1n) is 11.4. The predicted octanol–water partition coefficient (Wildman–Crippen LogP) is 8.62. The smallest absolute Gasteiger partial charge is 0.0513 e. The first kappa shape index (κ1) is 18.8. The van der Waals surface area contributed by atoms with Crippen LogP contribution in [0.4, 0.5) is 0 Å². The van der Waals surface area contributed by atoms with E-state index >= 15 is 0 Å². The molecule has 0 radical (unpaired) electrons. The highest BCUT2D eigenvalue weighted by molar-refractivity contribution is 7.25. The molecule has 0 amide bonds. The van der Waals surface area contributed by atoms with Crippen molar-refractivity contribution in [1.82, 2.24) is 4.98 Å². The van der Waals surface area contributed by atoms with Gasteiger partial charge in [-0.05, 0) is 52.1 Å². The molecule has 3 heteroatoms. The van der Waals surface area contributed by atoms with E-state index in [2.05, 4.69) is 96.8 Å². The molecule has 2 unspecified atom stereocenters. The van der Waals surface area contributed by atoms with Gasteiger partial charge in [-0.1, -0.05) is 67.6 Å². The topological polar surface area (TPSA) is 39.6 Å². The molecule has 0 saturated carbocycles. The highest BCUT2D eigenvalue weighted by Gasteiger charge is 2.31. The second-order valence-electron chi connectivity index (χ2n) is 9.06. The molecule has 0 aliphatic heterocycles. The summed E-state index contributed by atoms with van der Waals surface area (Å²) in [6.07, 6.45) is 3.79. The largest absolute Gasteiger partial charge is 0.354 e. The first-order chi connectivity index (χ1) is 16.2. The standard InChI is InChI=1S/C30H22N2S/c1-17-23(19-11-13-27-24(14-19)22-8-4-5-9-26(22)33-27)15-20(16-31)30-28(17)29-21-7-3-2-6-18(21)10-12-25(29)32-30/h2-17,23,31-32H,1H3. The molecule has 6 aromatic rings. The van der Waals surface area contributed by atoms with Crippen molar-refractivity contribution in [3.8, 4) is 0 Å². The summed E-state index contributed by atoms with van der Waals surface area (Å²) in [6.45, 7) is 2.34. The lowest BCUT2D eigenvalue weighted by Crippen LogP contribution is -2.13. The molecule has 0 saturated heterocycles. The summed E-state index contributed by atoms with van der Waals surface area (Å²) in [6, 6.07) is 28.6. The van der Waals surface area contributed by atoms with Crippen LogP contribution in [0.25, 0.3) is 47.4 Å².